The summed E-state index contributed by atoms with van der Waals surface area (Å²) in [5, 5.41) is 7.86. The first kappa shape index (κ1) is 20.9. The number of aromatic nitrogens is 1. The Labute approximate surface area is 226 Å². The van der Waals surface area contributed by atoms with E-state index in [0.717, 1.165) is 0 Å². The third kappa shape index (κ3) is 2.85. The molecule has 1 aliphatic carbocycles. The number of hydrogen-bond donors (Lipinski definition) is 0. The van der Waals surface area contributed by atoms with E-state index in [9.17, 15) is 0 Å². The largest absolute Gasteiger partial charge is 0.309 e. The van der Waals surface area contributed by atoms with Gasteiger partial charge in [-0.2, -0.15) is 0 Å². The molecule has 0 radical (unpaired) electrons. The summed E-state index contributed by atoms with van der Waals surface area (Å²) < 4.78 is 2.48. The van der Waals surface area contributed by atoms with Crippen LogP contribution in [0.5, 0.6) is 0 Å². The molecule has 0 saturated heterocycles. The lowest BCUT2D eigenvalue weighted by Crippen LogP contribution is -1.95. The van der Waals surface area contributed by atoms with Gasteiger partial charge in [0.1, 0.15) is 0 Å². The maximum Gasteiger partial charge on any atom is 0.0553 e. The Hall–Kier alpha value is -5.14. The van der Waals surface area contributed by atoms with Crippen LogP contribution in [0.1, 0.15) is 0 Å². The molecule has 0 amide bonds. The normalized spacial score (nSPS) is 12.1. The molecule has 1 heterocycles. The summed E-state index contributed by atoms with van der Waals surface area (Å²) in [6.07, 6.45) is 0. The fourth-order valence-electron chi connectivity index (χ4n) is 6.80. The van der Waals surface area contributed by atoms with E-state index in [0.29, 0.717) is 0 Å². The predicted octanol–water partition coefficient (Wildman–Crippen LogP) is 10.4. The maximum atomic E-state index is 2.48. The molecule has 0 spiro atoms. The summed E-state index contributed by atoms with van der Waals surface area (Å²) in [4.78, 5) is 0. The van der Waals surface area contributed by atoms with Gasteiger partial charge in [-0.15, -0.1) is 0 Å². The standard InChI is InChI=1S/C38H23N/c1-2-10-24(11-3-1)25-14-8-15-28(20-25)39-35-22-27-13-5-4-12-26(27)21-34(35)38-32-19-9-18-31-29-16-6-7-17-30(29)33(37(31)32)23-36(38)39/h1-23H. The van der Waals surface area contributed by atoms with E-state index in [1.165, 1.54) is 82.4 Å². The van der Waals surface area contributed by atoms with E-state index in [2.05, 4.69) is 144 Å². The molecule has 0 bridgehead atoms. The lowest BCUT2D eigenvalue weighted by molar-refractivity contribution is 1.18. The van der Waals surface area contributed by atoms with Crippen LogP contribution in [-0.2, 0) is 0 Å². The Morgan fingerprint density at radius 1 is 0.359 bits per heavy atom. The second-order valence-electron chi connectivity index (χ2n) is 10.6. The molecule has 0 unspecified atom stereocenters. The molecular formula is C38H23N. The van der Waals surface area contributed by atoms with Gasteiger partial charge >= 0.3 is 0 Å². The van der Waals surface area contributed by atoms with Crippen molar-refractivity contribution >= 4 is 43.4 Å². The van der Waals surface area contributed by atoms with Gasteiger partial charge in [0.15, 0.2) is 0 Å². The van der Waals surface area contributed by atoms with Crippen LogP contribution in [0, 0.1) is 0 Å². The third-order valence-corrected chi connectivity index (χ3v) is 8.47. The zero-order chi connectivity index (χ0) is 25.5. The van der Waals surface area contributed by atoms with Crippen LogP contribution in [0.3, 0.4) is 0 Å². The van der Waals surface area contributed by atoms with Crippen molar-refractivity contribution in [3.63, 3.8) is 0 Å². The van der Waals surface area contributed by atoms with Gasteiger partial charge in [-0.1, -0.05) is 109 Å². The zero-order valence-electron chi connectivity index (χ0n) is 21.2. The number of hydrogen-bond acceptors (Lipinski definition) is 0. The molecule has 1 aliphatic rings. The molecular weight excluding hydrogens is 470 g/mol. The van der Waals surface area contributed by atoms with E-state index in [1.807, 2.05) is 0 Å². The van der Waals surface area contributed by atoms with Gasteiger partial charge in [-0.05, 0) is 85.3 Å². The van der Waals surface area contributed by atoms with Crippen LogP contribution in [0.4, 0.5) is 0 Å². The minimum absolute atomic E-state index is 1.18. The highest BCUT2D eigenvalue weighted by atomic mass is 15.0. The summed E-state index contributed by atoms with van der Waals surface area (Å²) in [7, 11) is 0. The minimum Gasteiger partial charge on any atom is -0.309 e. The van der Waals surface area contributed by atoms with Crippen LogP contribution < -0.4 is 0 Å². The van der Waals surface area contributed by atoms with Crippen LogP contribution in [-0.4, -0.2) is 4.57 Å². The minimum atomic E-state index is 1.18. The molecule has 9 rings (SSSR count). The molecule has 0 atom stereocenters. The van der Waals surface area contributed by atoms with Crippen LogP contribution in [0.25, 0.3) is 82.4 Å². The molecule has 0 saturated carbocycles. The number of nitrogens with zero attached hydrogens (tertiary/aromatic N) is 1. The summed E-state index contributed by atoms with van der Waals surface area (Å²) in [6.45, 7) is 0. The van der Waals surface area contributed by atoms with Crippen molar-refractivity contribution in [1.29, 1.82) is 0 Å². The van der Waals surface area contributed by atoms with Gasteiger partial charge in [0.05, 0.1) is 11.0 Å². The van der Waals surface area contributed by atoms with Crippen LogP contribution >= 0.6 is 0 Å². The second kappa shape index (κ2) is 7.69. The average molecular weight is 494 g/mol. The molecule has 0 N–H and O–H groups in total. The summed E-state index contributed by atoms with van der Waals surface area (Å²) in [6, 6.07) is 51.2. The summed E-state index contributed by atoms with van der Waals surface area (Å²) in [5.74, 6) is 0. The Morgan fingerprint density at radius 2 is 1.03 bits per heavy atom. The number of rotatable bonds is 2. The van der Waals surface area contributed by atoms with E-state index < -0.39 is 0 Å². The van der Waals surface area contributed by atoms with Gasteiger partial charge in [-0.25, -0.2) is 0 Å². The molecule has 1 nitrogen and oxygen atoms in total. The fraction of sp³-hybridized carbons (Fsp3) is 0. The van der Waals surface area contributed by atoms with E-state index in [4.69, 9.17) is 0 Å². The Kier molecular flexibility index (Phi) is 4.11. The second-order valence-corrected chi connectivity index (χ2v) is 10.6. The molecule has 8 aromatic rings. The lowest BCUT2D eigenvalue weighted by Gasteiger charge is -2.12. The monoisotopic (exact) mass is 493 g/mol. The SMILES string of the molecule is c1ccc(-c2cccc(-n3c4cc5ccccc5cc4c4c5cccc6c5c(cc43)-c3ccccc3-6)c2)cc1. The zero-order valence-corrected chi connectivity index (χ0v) is 21.2. The van der Waals surface area contributed by atoms with Gasteiger partial charge in [0, 0.05) is 16.5 Å². The first-order chi connectivity index (χ1) is 19.3. The van der Waals surface area contributed by atoms with E-state index in [-0.39, 0.29) is 0 Å². The first-order valence-electron chi connectivity index (χ1n) is 13.5. The highest BCUT2D eigenvalue weighted by molar-refractivity contribution is 6.30. The Bertz CT molecular complexity index is 2270. The lowest BCUT2D eigenvalue weighted by atomic mass is 9.97. The number of benzene rings is 7. The Morgan fingerprint density at radius 3 is 1.87 bits per heavy atom. The average Bonchev–Trinajstić information content (AvgIpc) is 3.50. The molecule has 1 aromatic heterocycles. The molecule has 0 fully saturated rings. The van der Waals surface area contributed by atoms with Gasteiger partial charge in [0.25, 0.3) is 0 Å². The maximum absolute atomic E-state index is 2.48. The van der Waals surface area contributed by atoms with Crippen molar-refractivity contribution in [3.8, 4) is 39.1 Å². The van der Waals surface area contributed by atoms with E-state index >= 15 is 0 Å². The van der Waals surface area contributed by atoms with Crippen molar-refractivity contribution in [1.82, 2.24) is 4.57 Å². The Balaban J connectivity index is 1.47. The van der Waals surface area contributed by atoms with Gasteiger partial charge in [0.2, 0.25) is 0 Å². The molecule has 7 aromatic carbocycles. The quantitative estimate of drug-likeness (QED) is 0.226. The molecule has 0 aliphatic heterocycles. The summed E-state index contributed by atoms with van der Waals surface area (Å²) in [5.41, 5.74) is 11.5. The highest BCUT2D eigenvalue weighted by Crippen LogP contribution is 2.51. The van der Waals surface area contributed by atoms with Crippen molar-refractivity contribution in [3.05, 3.63) is 140 Å². The van der Waals surface area contributed by atoms with Crippen molar-refractivity contribution < 1.29 is 0 Å². The summed E-state index contributed by atoms with van der Waals surface area (Å²) >= 11 is 0. The topological polar surface area (TPSA) is 4.93 Å². The highest BCUT2D eigenvalue weighted by Gasteiger charge is 2.25. The fourth-order valence-corrected chi connectivity index (χ4v) is 6.80. The molecule has 1 heteroatoms. The van der Waals surface area contributed by atoms with Crippen molar-refractivity contribution in [2.45, 2.75) is 0 Å². The molecule has 180 valence electrons. The first-order valence-corrected chi connectivity index (χ1v) is 13.5. The van der Waals surface area contributed by atoms with Gasteiger partial charge < -0.3 is 4.57 Å². The van der Waals surface area contributed by atoms with E-state index in [1.54, 1.807) is 0 Å². The predicted molar refractivity (Wildman–Crippen MR) is 166 cm³/mol. The van der Waals surface area contributed by atoms with Crippen molar-refractivity contribution in [2.75, 3.05) is 0 Å². The van der Waals surface area contributed by atoms with Crippen LogP contribution in [0.15, 0.2) is 140 Å². The smallest absolute Gasteiger partial charge is 0.0553 e. The third-order valence-electron chi connectivity index (χ3n) is 8.47. The van der Waals surface area contributed by atoms with Gasteiger partial charge in [-0.3, -0.25) is 0 Å². The van der Waals surface area contributed by atoms with Crippen molar-refractivity contribution in [2.24, 2.45) is 0 Å². The van der Waals surface area contributed by atoms with Crippen LogP contribution in [0.2, 0.25) is 0 Å². The molecule has 39 heavy (non-hydrogen) atoms. The number of fused-ring (bicyclic) bond motifs is 8.